The quantitative estimate of drug-likeness (QED) is 0.704. The Labute approximate surface area is 128 Å². The van der Waals surface area contributed by atoms with Gasteiger partial charge in [-0.25, -0.2) is 4.79 Å². The van der Waals surface area contributed by atoms with Crippen LogP contribution in [0.15, 0.2) is 36.4 Å². The Morgan fingerprint density at radius 3 is 2.36 bits per heavy atom. The van der Waals surface area contributed by atoms with Crippen LogP contribution in [0, 0.1) is 13.8 Å². The molecule has 2 N–H and O–H groups in total. The third-order valence-corrected chi connectivity index (χ3v) is 3.96. The van der Waals surface area contributed by atoms with E-state index in [0.29, 0.717) is 5.69 Å². The topological polar surface area (TPSA) is 62.3 Å². The van der Waals surface area contributed by atoms with Gasteiger partial charge in [0.2, 0.25) is 0 Å². The SMILES string of the molecule is COC(=O)c1[nH]c2cc(C)c(C)cc2c1-c1ccc(O)cc1. The molecule has 2 aromatic carbocycles. The third-order valence-electron chi connectivity index (χ3n) is 3.96. The van der Waals surface area contributed by atoms with Crippen molar-refractivity contribution in [3.8, 4) is 16.9 Å². The summed E-state index contributed by atoms with van der Waals surface area (Å²) in [6.45, 7) is 4.08. The van der Waals surface area contributed by atoms with E-state index in [1.165, 1.54) is 7.11 Å². The number of nitrogens with one attached hydrogen (secondary N) is 1. The van der Waals surface area contributed by atoms with Gasteiger partial charge < -0.3 is 14.8 Å². The molecule has 0 saturated heterocycles. The van der Waals surface area contributed by atoms with Gasteiger partial charge in [0.25, 0.3) is 0 Å². The van der Waals surface area contributed by atoms with E-state index in [0.717, 1.165) is 33.2 Å². The molecule has 0 saturated carbocycles. The predicted molar refractivity (Wildman–Crippen MR) is 86.2 cm³/mol. The van der Waals surface area contributed by atoms with Gasteiger partial charge in [0.05, 0.1) is 7.11 Å². The molecule has 3 aromatic rings. The van der Waals surface area contributed by atoms with Crippen molar-refractivity contribution >= 4 is 16.9 Å². The highest BCUT2D eigenvalue weighted by molar-refractivity contribution is 6.08. The van der Waals surface area contributed by atoms with Crippen LogP contribution in [0.2, 0.25) is 0 Å². The lowest BCUT2D eigenvalue weighted by atomic mass is 9.99. The van der Waals surface area contributed by atoms with Crippen LogP contribution in [0.25, 0.3) is 22.0 Å². The largest absolute Gasteiger partial charge is 0.508 e. The van der Waals surface area contributed by atoms with E-state index in [4.69, 9.17) is 4.74 Å². The molecule has 4 nitrogen and oxygen atoms in total. The highest BCUT2D eigenvalue weighted by Crippen LogP contribution is 2.35. The smallest absolute Gasteiger partial charge is 0.355 e. The van der Waals surface area contributed by atoms with Crippen molar-refractivity contribution in [2.45, 2.75) is 13.8 Å². The number of phenolic OH excluding ortho intramolecular Hbond substituents is 1. The summed E-state index contributed by atoms with van der Waals surface area (Å²) >= 11 is 0. The minimum Gasteiger partial charge on any atom is -0.508 e. The van der Waals surface area contributed by atoms with Crippen LogP contribution >= 0.6 is 0 Å². The maximum atomic E-state index is 12.1. The van der Waals surface area contributed by atoms with Crippen molar-refractivity contribution in [1.82, 2.24) is 4.98 Å². The van der Waals surface area contributed by atoms with E-state index < -0.39 is 5.97 Å². The Hall–Kier alpha value is -2.75. The first-order chi connectivity index (χ1) is 10.5. The number of aryl methyl sites for hydroxylation is 2. The van der Waals surface area contributed by atoms with Gasteiger partial charge in [-0.3, -0.25) is 0 Å². The monoisotopic (exact) mass is 295 g/mol. The van der Waals surface area contributed by atoms with Crippen LogP contribution in [-0.4, -0.2) is 23.2 Å². The Morgan fingerprint density at radius 1 is 1.09 bits per heavy atom. The molecule has 4 heteroatoms. The number of aromatic nitrogens is 1. The molecule has 0 spiro atoms. The van der Waals surface area contributed by atoms with Crippen molar-refractivity contribution in [2.75, 3.05) is 7.11 Å². The second-order valence-corrected chi connectivity index (χ2v) is 5.40. The van der Waals surface area contributed by atoms with Gasteiger partial charge in [-0.15, -0.1) is 0 Å². The summed E-state index contributed by atoms with van der Waals surface area (Å²) < 4.78 is 4.89. The molecule has 0 amide bonds. The van der Waals surface area contributed by atoms with Gasteiger partial charge in [-0.1, -0.05) is 12.1 Å². The van der Waals surface area contributed by atoms with Gasteiger partial charge in [0, 0.05) is 16.5 Å². The molecule has 3 rings (SSSR count). The summed E-state index contributed by atoms with van der Waals surface area (Å²) in [6, 6.07) is 10.9. The number of rotatable bonds is 2. The van der Waals surface area contributed by atoms with Gasteiger partial charge in [-0.2, -0.15) is 0 Å². The number of aromatic hydroxyl groups is 1. The van der Waals surface area contributed by atoms with E-state index in [9.17, 15) is 9.90 Å². The van der Waals surface area contributed by atoms with Gasteiger partial charge in [0.1, 0.15) is 11.4 Å². The molecule has 112 valence electrons. The molecule has 0 bridgehead atoms. The number of aromatic amines is 1. The maximum absolute atomic E-state index is 12.1. The normalized spacial score (nSPS) is 10.9. The van der Waals surface area contributed by atoms with Crippen LogP contribution < -0.4 is 0 Å². The number of carbonyl (C=O) groups is 1. The zero-order valence-electron chi connectivity index (χ0n) is 12.7. The second kappa shape index (κ2) is 5.22. The standard InChI is InChI=1S/C18H17NO3/c1-10-8-14-15(9-11(10)2)19-17(18(21)22-3)16(14)12-4-6-13(20)7-5-12/h4-9,19-20H,1-3H3. The van der Waals surface area contributed by atoms with Crippen LogP contribution in [0.1, 0.15) is 21.6 Å². The number of ether oxygens (including phenoxy) is 1. The Kier molecular flexibility index (Phi) is 3.37. The fraction of sp³-hybridized carbons (Fsp3) is 0.167. The zero-order chi connectivity index (χ0) is 15.9. The summed E-state index contributed by atoms with van der Waals surface area (Å²) in [5.74, 6) is -0.218. The predicted octanol–water partition coefficient (Wildman–Crippen LogP) is 3.94. The number of esters is 1. The molecule has 0 fully saturated rings. The van der Waals surface area contributed by atoms with Crippen molar-refractivity contribution in [1.29, 1.82) is 0 Å². The number of hydrogen-bond donors (Lipinski definition) is 2. The van der Waals surface area contributed by atoms with Gasteiger partial charge >= 0.3 is 5.97 Å². The molecule has 0 unspecified atom stereocenters. The molecule has 22 heavy (non-hydrogen) atoms. The first-order valence-corrected chi connectivity index (χ1v) is 7.02. The van der Waals surface area contributed by atoms with Crippen molar-refractivity contribution < 1.29 is 14.6 Å². The lowest BCUT2D eigenvalue weighted by Gasteiger charge is -2.05. The molecule has 0 aliphatic carbocycles. The van der Waals surface area contributed by atoms with Crippen molar-refractivity contribution in [2.24, 2.45) is 0 Å². The molecular formula is C18H17NO3. The minimum atomic E-state index is -0.408. The van der Waals surface area contributed by atoms with Gasteiger partial charge in [0.15, 0.2) is 0 Å². The summed E-state index contributed by atoms with van der Waals surface area (Å²) in [5, 5.41) is 10.4. The molecule has 0 atom stereocenters. The lowest BCUT2D eigenvalue weighted by molar-refractivity contribution is 0.0596. The van der Waals surface area contributed by atoms with E-state index in [1.807, 2.05) is 19.9 Å². The second-order valence-electron chi connectivity index (χ2n) is 5.40. The highest BCUT2D eigenvalue weighted by atomic mass is 16.5. The lowest BCUT2D eigenvalue weighted by Crippen LogP contribution is -2.03. The number of carbonyl (C=O) groups excluding carboxylic acids is 1. The molecular weight excluding hydrogens is 278 g/mol. The Balaban J connectivity index is 2.35. The van der Waals surface area contributed by atoms with Crippen molar-refractivity contribution in [3.05, 3.63) is 53.2 Å². The number of benzene rings is 2. The van der Waals surface area contributed by atoms with Gasteiger partial charge in [-0.05, 0) is 54.8 Å². The highest BCUT2D eigenvalue weighted by Gasteiger charge is 2.20. The summed E-state index contributed by atoms with van der Waals surface area (Å²) in [5.41, 5.74) is 5.28. The third kappa shape index (κ3) is 2.22. The molecule has 0 radical (unpaired) electrons. The molecule has 0 aliphatic heterocycles. The van der Waals surface area contributed by atoms with E-state index in [-0.39, 0.29) is 5.75 Å². The van der Waals surface area contributed by atoms with Crippen molar-refractivity contribution in [3.63, 3.8) is 0 Å². The summed E-state index contributed by atoms with van der Waals surface area (Å²) in [4.78, 5) is 15.3. The average molecular weight is 295 g/mol. The molecule has 1 heterocycles. The zero-order valence-corrected chi connectivity index (χ0v) is 12.7. The van der Waals surface area contributed by atoms with E-state index >= 15 is 0 Å². The van der Waals surface area contributed by atoms with E-state index in [1.54, 1.807) is 24.3 Å². The van der Waals surface area contributed by atoms with Crippen LogP contribution in [0.5, 0.6) is 5.75 Å². The van der Waals surface area contributed by atoms with Crippen LogP contribution in [0.3, 0.4) is 0 Å². The van der Waals surface area contributed by atoms with E-state index in [2.05, 4.69) is 11.1 Å². The Bertz CT molecular complexity index is 860. The van der Waals surface area contributed by atoms with Crippen LogP contribution in [-0.2, 0) is 4.74 Å². The van der Waals surface area contributed by atoms with Crippen LogP contribution in [0.4, 0.5) is 0 Å². The number of phenols is 1. The number of H-pyrrole nitrogens is 1. The summed E-state index contributed by atoms with van der Waals surface area (Å²) in [7, 11) is 1.37. The number of fused-ring (bicyclic) bond motifs is 1. The fourth-order valence-corrected chi connectivity index (χ4v) is 2.64. The fourth-order valence-electron chi connectivity index (χ4n) is 2.64. The maximum Gasteiger partial charge on any atom is 0.355 e. The number of methoxy groups -OCH3 is 1. The summed E-state index contributed by atoms with van der Waals surface area (Å²) in [6.07, 6.45) is 0. The Morgan fingerprint density at radius 2 is 1.73 bits per heavy atom. The molecule has 1 aromatic heterocycles. The number of hydrogen-bond acceptors (Lipinski definition) is 3. The first kappa shape index (κ1) is 14.2. The minimum absolute atomic E-state index is 0.190. The first-order valence-electron chi connectivity index (χ1n) is 7.02. The average Bonchev–Trinajstić information content (AvgIpc) is 2.86. The molecule has 0 aliphatic rings.